The highest BCUT2D eigenvalue weighted by Crippen LogP contribution is 2.32. The van der Waals surface area contributed by atoms with Crippen molar-refractivity contribution >= 4 is 23.2 Å². The van der Waals surface area contributed by atoms with E-state index in [0.29, 0.717) is 41.8 Å². The number of halogens is 2. The number of aromatic nitrogens is 4. The lowest BCUT2D eigenvalue weighted by Gasteiger charge is -2.37. The molecular formula is C25H29F2N7O. The second-order valence-electron chi connectivity index (χ2n) is 9.51. The summed E-state index contributed by atoms with van der Waals surface area (Å²) in [6.07, 6.45) is 6.75. The summed E-state index contributed by atoms with van der Waals surface area (Å²) in [5.74, 6) is -0.947. The Morgan fingerprint density at radius 1 is 1.23 bits per heavy atom. The van der Waals surface area contributed by atoms with E-state index in [1.165, 1.54) is 18.3 Å². The van der Waals surface area contributed by atoms with Crippen molar-refractivity contribution in [2.45, 2.75) is 57.9 Å². The van der Waals surface area contributed by atoms with Crippen LogP contribution in [0.1, 0.15) is 39.7 Å². The predicted octanol–water partition coefficient (Wildman–Crippen LogP) is 4.23. The smallest absolute Gasteiger partial charge is 0.228 e. The van der Waals surface area contributed by atoms with Gasteiger partial charge in [-0.15, -0.1) is 0 Å². The third-order valence-corrected chi connectivity index (χ3v) is 6.25. The molecule has 2 N–H and O–H groups in total. The highest BCUT2D eigenvalue weighted by atomic mass is 19.1. The van der Waals surface area contributed by atoms with Crippen LogP contribution in [-0.4, -0.2) is 57.3 Å². The molecule has 1 aromatic carbocycles. The van der Waals surface area contributed by atoms with E-state index in [2.05, 4.69) is 10.4 Å². The average Bonchev–Trinajstić information content (AvgIpc) is 3.54. The number of benzene rings is 1. The Morgan fingerprint density at radius 3 is 2.71 bits per heavy atom. The molecule has 1 aliphatic carbocycles. The third-order valence-electron chi connectivity index (χ3n) is 6.25. The molecule has 3 aromatic rings. The summed E-state index contributed by atoms with van der Waals surface area (Å²) in [6, 6.07) is 4.02. The van der Waals surface area contributed by atoms with Gasteiger partial charge < -0.3 is 20.4 Å². The van der Waals surface area contributed by atoms with Gasteiger partial charge in [-0.25, -0.2) is 13.8 Å². The highest BCUT2D eigenvalue weighted by Gasteiger charge is 2.31. The van der Waals surface area contributed by atoms with Crippen LogP contribution in [0.5, 0.6) is 0 Å². The fraction of sp³-hybridized carbons (Fsp3) is 0.440. The maximum absolute atomic E-state index is 14.8. The van der Waals surface area contributed by atoms with Crippen molar-refractivity contribution in [1.82, 2.24) is 25.1 Å². The summed E-state index contributed by atoms with van der Waals surface area (Å²) in [6.45, 7) is 6.90. The summed E-state index contributed by atoms with van der Waals surface area (Å²) in [7, 11) is 0. The second-order valence-corrected chi connectivity index (χ2v) is 9.51. The van der Waals surface area contributed by atoms with Gasteiger partial charge in [-0.05, 0) is 45.7 Å². The van der Waals surface area contributed by atoms with Crippen molar-refractivity contribution in [2.75, 3.05) is 18.0 Å². The minimum Gasteiger partial charge on any atom is -0.388 e. The molecule has 2 atom stereocenters. The first-order valence-electron chi connectivity index (χ1n) is 11.9. The van der Waals surface area contributed by atoms with Gasteiger partial charge in [0.2, 0.25) is 5.95 Å². The Balaban J connectivity index is 1.56. The zero-order valence-electron chi connectivity index (χ0n) is 20.0. The number of hydrogen-bond acceptors (Lipinski definition) is 7. The van der Waals surface area contributed by atoms with Crippen LogP contribution in [-0.2, 0) is 4.74 Å². The average molecular weight is 482 g/mol. The molecule has 5 rings (SSSR count). The number of nitrogens with one attached hydrogen (secondary N) is 2. The Morgan fingerprint density at radius 2 is 2.03 bits per heavy atom. The number of fused-ring (bicyclic) bond motifs is 1. The zero-order chi connectivity index (χ0) is 24.7. The van der Waals surface area contributed by atoms with Gasteiger partial charge in [0.25, 0.3) is 0 Å². The van der Waals surface area contributed by atoms with Crippen molar-refractivity contribution < 1.29 is 13.5 Å². The maximum Gasteiger partial charge on any atom is 0.228 e. The van der Waals surface area contributed by atoms with E-state index in [4.69, 9.17) is 20.1 Å². The monoisotopic (exact) mass is 481 g/mol. The Hall–Kier alpha value is -3.40. The van der Waals surface area contributed by atoms with E-state index in [9.17, 15) is 8.78 Å². The lowest BCUT2D eigenvalue weighted by atomic mass is 10.1. The molecule has 2 aliphatic rings. The molecule has 0 amide bonds. The molecule has 3 heterocycles. The van der Waals surface area contributed by atoms with Crippen molar-refractivity contribution in [3.8, 4) is 11.3 Å². The molecule has 35 heavy (non-hydrogen) atoms. The summed E-state index contributed by atoms with van der Waals surface area (Å²) >= 11 is 0. The van der Waals surface area contributed by atoms with Gasteiger partial charge >= 0.3 is 0 Å². The molecule has 1 aliphatic heterocycles. The van der Waals surface area contributed by atoms with Crippen LogP contribution in [0.25, 0.3) is 22.3 Å². The third kappa shape index (κ3) is 4.88. The molecule has 1 saturated carbocycles. The normalized spacial score (nSPS) is 21.1. The Kier molecular flexibility index (Phi) is 6.22. The molecule has 2 fully saturated rings. The van der Waals surface area contributed by atoms with Crippen LogP contribution in [0, 0.1) is 17.0 Å². The summed E-state index contributed by atoms with van der Waals surface area (Å²) in [4.78, 5) is 11.4. The van der Waals surface area contributed by atoms with E-state index in [1.807, 2.05) is 31.9 Å². The van der Waals surface area contributed by atoms with Crippen LogP contribution in [0.3, 0.4) is 0 Å². The molecule has 0 spiro atoms. The van der Waals surface area contributed by atoms with E-state index in [1.54, 1.807) is 10.9 Å². The topological polar surface area (TPSA) is 92.0 Å². The van der Waals surface area contributed by atoms with E-state index in [-0.39, 0.29) is 23.8 Å². The number of hydrogen-bond donors (Lipinski definition) is 2. The fourth-order valence-electron chi connectivity index (χ4n) is 4.19. The lowest BCUT2D eigenvalue weighted by Crippen LogP contribution is -2.48. The van der Waals surface area contributed by atoms with Gasteiger partial charge in [0, 0.05) is 54.4 Å². The number of nitrogens with zero attached hydrogens (tertiary/aromatic N) is 5. The minimum atomic E-state index is -0.693. The molecule has 8 nitrogen and oxygen atoms in total. The number of anilines is 1. The Bertz CT molecular complexity index is 1280. The van der Waals surface area contributed by atoms with Crippen LogP contribution in [0.2, 0.25) is 0 Å². The molecule has 0 unspecified atom stereocenters. The highest BCUT2D eigenvalue weighted by molar-refractivity contribution is 5.91. The van der Waals surface area contributed by atoms with Crippen LogP contribution >= 0.6 is 0 Å². The van der Waals surface area contributed by atoms with Crippen molar-refractivity contribution in [3.63, 3.8) is 0 Å². The summed E-state index contributed by atoms with van der Waals surface area (Å²) < 4.78 is 36.4. The maximum atomic E-state index is 14.8. The molecule has 0 radical (unpaired) electrons. The number of ether oxygens (including phenoxy) is 1. The first-order valence-corrected chi connectivity index (χ1v) is 11.9. The standard InChI is InChI=1S/C25H29F2N7O/c1-14(2)34-12-20-23(19-7-4-17(26)8-21(19)27)30-25(31-24(20)32-34)33-11-15(3)35-22(13-33)16(9-28)10-29-18-5-6-18/h4,7-10,12,14-15,18,22,28-29H,5-6,11,13H2,1-3H3/b16-10+,28-9?/t15-,22-/m1/s1. The Labute approximate surface area is 202 Å². The lowest BCUT2D eigenvalue weighted by molar-refractivity contribution is 0.00652. The van der Waals surface area contributed by atoms with Crippen molar-refractivity contribution in [3.05, 3.63) is 47.8 Å². The minimum absolute atomic E-state index is 0.0746. The van der Waals surface area contributed by atoms with Gasteiger partial charge in [-0.2, -0.15) is 10.1 Å². The molecule has 2 aromatic heterocycles. The quantitative estimate of drug-likeness (QED) is 0.491. The first kappa shape index (κ1) is 23.3. The number of rotatable bonds is 7. The molecule has 10 heteroatoms. The van der Waals surface area contributed by atoms with Gasteiger partial charge in [-0.3, -0.25) is 4.68 Å². The van der Waals surface area contributed by atoms with Crippen LogP contribution in [0.15, 0.2) is 36.2 Å². The van der Waals surface area contributed by atoms with Gasteiger partial charge in [0.1, 0.15) is 17.7 Å². The predicted molar refractivity (Wildman–Crippen MR) is 131 cm³/mol. The fourth-order valence-corrected chi connectivity index (χ4v) is 4.19. The largest absolute Gasteiger partial charge is 0.388 e. The van der Waals surface area contributed by atoms with Crippen LogP contribution in [0.4, 0.5) is 14.7 Å². The molecule has 184 valence electrons. The molecular weight excluding hydrogens is 452 g/mol. The zero-order valence-corrected chi connectivity index (χ0v) is 20.0. The second kappa shape index (κ2) is 9.33. The summed E-state index contributed by atoms with van der Waals surface area (Å²) in [5, 5.41) is 16.4. The van der Waals surface area contributed by atoms with Gasteiger partial charge in [0.05, 0.1) is 23.7 Å². The van der Waals surface area contributed by atoms with Gasteiger partial charge in [-0.1, -0.05) is 0 Å². The van der Waals surface area contributed by atoms with Gasteiger partial charge in [0.15, 0.2) is 5.65 Å². The SMILES string of the molecule is CC(C)n1cc2c(-c3ccc(F)cc3F)nc(N3C[C@@H](C)O[C@@H](/C(C=N)=C/NC4CC4)C3)nc2n1. The van der Waals surface area contributed by atoms with Crippen LogP contribution < -0.4 is 10.2 Å². The van der Waals surface area contributed by atoms with E-state index < -0.39 is 11.6 Å². The van der Waals surface area contributed by atoms with Crippen molar-refractivity contribution in [2.24, 2.45) is 0 Å². The van der Waals surface area contributed by atoms with Crippen molar-refractivity contribution in [1.29, 1.82) is 5.41 Å². The first-order chi connectivity index (χ1) is 16.8. The summed E-state index contributed by atoms with van der Waals surface area (Å²) in [5.41, 5.74) is 1.73. The van der Waals surface area contributed by atoms with E-state index in [0.717, 1.165) is 24.5 Å². The molecule has 0 bridgehead atoms. The molecule has 1 saturated heterocycles. The van der Waals surface area contributed by atoms with E-state index >= 15 is 0 Å². The number of morpholine rings is 1.